The second-order valence-corrected chi connectivity index (χ2v) is 3.98. The van der Waals surface area contributed by atoms with E-state index in [1.54, 1.807) is 6.92 Å². The molecule has 0 unspecified atom stereocenters. The molecule has 0 fully saturated rings. The zero-order valence-electron chi connectivity index (χ0n) is 9.92. The zero-order chi connectivity index (χ0) is 14.6. The number of ether oxygens (including phenoxy) is 1. The number of alkyl halides is 3. The Morgan fingerprint density at radius 3 is 2.63 bits per heavy atom. The number of nitrogens with two attached hydrogens (primary N) is 1. The summed E-state index contributed by atoms with van der Waals surface area (Å²) < 4.78 is 42.6. The topological polar surface area (TPSA) is 52.3 Å². The summed E-state index contributed by atoms with van der Waals surface area (Å²) >= 11 is 5.60. The molecule has 0 aliphatic rings. The second-order valence-electron chi connectivity index (χ2n) is 3.54. The van der Waals surface area contributed by atoms with Crippen molar-refractivity contribution >= 4 is 29.3 Å². The van der Waals surface area contributed by atoms with Crippen LogP contribution < -0.4 is 5.73 Å². The third-order valence-corrected chi connectivity index (χ3v) is 2.39. The van der Waals surface area contributed by atoms with Gasteiger partial charge in [0.25, 0.3) is 0 Å². The highest BCUT2D eigenvalue weighted by Gasteiger charge is 2.34. The average molecular weight is 294 g/mol. The van der Waals surface area contributed by atoms with Gasteiger partial charge in [-0.25, -0.2) is 4.79 Å². The fourth-order valence-electron chi connectivity index (χ4n) is 1.36. The number of rotatable bonds is 3. The molecule has 0 spiro atoms. The molecule has 0 saturated heterocycles. The lowest BCUT2D eigenvalue weighted by Gasteiger charge is -2.12. The first-order valence-electron chi connectivity index (χ1n) is 5.26. The van der Waals surface area contributed by atoms with Gasteiger partial charge in [-0.1, -0.05) is 11.6 Å². The Morgan fingerprint density at radius 2 is 2.11 bits per heavy atom. The number of nitrogen functional groups attached to an aromatic ring is 1. The Morgan fingerprint density at radius 1 is 1.47 bits per heavy atom. The van der Waals surface area contributed by atoms with E-state index in [2.05, 4.69) is 4.74 Å². The van der Waals surface area contributed by atoms with Crippen LogP contribution in [0.15, 0.2) is 18.2 Å². The van der Waals surface area contributed by atoms with E-state index in [0.717, 1.165) is 18.2 Å². The number of carbonyl (C=O) groups excluding carboxylic acids is 1. The molecule has 0 bridgehead atoms. The molecule has 104 valence electrons. The highest BCUT2D eigenvalue weighted by atomic mass is 35.5. The van der Waals surface area contributed by atoms with Crippen LogP contribution in [0.1, 0.15) is 18.1 Å². The summed E-state index contributed by atoms with van der Waals surface area (Å²) in [5, 5.41) is -0.120. The molecule has 7 heteroatoms. The lowest BCUT2D eigenvalue weighted by molar-refractivity contribution is -0.137. The van der Waals surface area contributed by atoms with E-state index in [0.29, 0.717) is 0 Å². The van der Waals surface area contributed by atoms with E-state index in [-0.39, 0.29) is 17.2 Å². The van der Waals surface area contributed by atoms with Crippen LogP contribution in [-0.2, 0) is 15.7 Å². The Bertz CT molecular complexity index is 512. The smallest absolute Gasteiger partial charge is 0.418 e. The van der Waals surface area contributed by atoms with Crippen molar-refractivity contribution in [2.24, 2.45) is 0 Å². The molecule has 0 heterocycles. The van der Waals surface area contributed by atoms with Gasteiger partial charge in [0.2, 0.25) is 0 Å². The molecule has 2 N–H and O–H groups in total. The predicted molar refractivity (Wildman–Crippen MR) is 66.5 cm³/mol. The number of hydrogen-bond acceptors (Lipinski definition) is 3. The summed E-state index contributed by atoms with van der Waals surface area (Å²) in [6.45, 7) is 1.78. The molecule has 0 saturated carbocycles. The van der Waals surface area contributed by atoms with Crippen LogP contribution in [0.3, 0.4) is 0 Å². The van der Waals surface area contributed by atoms with E-state index in [9.17, 15) is 18.0 Å². The lowest BCUT2D eigenvalue weighted by Crippen LogP contribution is -2.10. The van der Waals surface area contributed by atoms with Crippen molar-refractivity contribution in [3.05, 3.63) is 34.4 Å². The molecular formula is C12H11ClF3NO2. The Balaban J connectivity index is 3.16. The molecule has 0 atom stereocenters. The van der Waals surface area contributed by atoms with Gasteiger partial charge in [0, 0.05) is 11.1 Å². The minimum atomic E-state index is -4.61. The Labute approximate surface area is 112 Å². The highest BCUT2D eigenvalue weighted by Crippen LogP contribution is 2.37. The van der Waals surface area contributed by atoms with Crippen LogP contribution in [0.25, 0.3) is 6.08 Å². The van der Waals surface area contributed by atoms with Crippen molar-refractivity contribution in [1.82, 2.24) is 0 Å². The number of hydrogen-bond donors (Lipinski definition) is 1. The Hall–Kier alpha value is -1.69. The largest absolute Gasteiger partial charge is 0.463 e. The molecule has 0 aromatic heterocycles. The molecule has 0 aliphatic heterocycles. The number of esters is 1. The lowest BCUT2D eigenvalue weighted by atomic mass is 10.1. The van der Waals surface area contributed by atoms with Gasteiger partial charge < -0.3 is 10.5 Å². The van der Waals surface area contributed by atoms with Crippen molar-refractivity contribution < 1.29 is 22.7 Å². The van der Waals surface area contributed by atoms with Crippen LogP contribution >= 0.6 is 11.6 Å². The molecular weight excluding hydrogens is 283 g/mol. The number of carbonyl (C=O) groups is 1. The van der Waals surface area contributed by atoms with Crippen LogP contribution in [0.2, 0.25) is 5.02 Å². The third-order valence-electron chi connectivity index (χ3n) is 2.17. The summed E-state index contributed by atoms with van der Waals surface area (Å²) in [7, 11) is 0. The molecule has 1 aromatic rings. The van der Waals surface area contributed by atoms with Crippen molar-refractivity contribution in [2.45, 2.75) is 13.1 Å². The van der Waals surface area contributed by atoms with Crippen LogP contribution in [0, 0.1) is 0 Å². The van der Waals surface area contributed by atoms with E-state index >= 15 is 0 Å². The summed E-state index contributed by atoms with van der Waals surface area (Å²) in [6.07, 6.45) is -2.48. The predicted octanol–water partition coefficient (Wildman–Crippen LogP) is 3.52. The van der Waals surface area contributed by atoms with Gasteiger partial charge >= 0.3 is 12.1 Å². The number of halogens is 4. The molecule has 1 rings (SSSR count). The Kier molecular flexibility index (Phi) is 4.83. The summed E-state index contributed by atoms with van der Waals surface area (Å²) in [6, 6.07) is 1.97. The van der Waals surface area contributed by atoms with Crippen molar-refractivity contribution in [1.29, 1.82) is 0 Å². The quantitative estimate of drug-likeness (QED) is 0.527. The average Bonchev–Trinajstić information content (AvgIpc) is 2.28. The van der Waals surface area contributed by atoms with Gasteiger partial charge in [0.1, 0.15) is 0 Å². The van der Waals surface area contributed by atoms with Crippen LogP contribution in [0.5, 0.6) is 0 Å². The standard InChI is InChI=1S/C12H11ClF3NO2/c1-2-19-10(18)4-3-7-5-8(13)6-9(11(7)17)12(14,15)16/h3-6H,2,17H2,1H3. The van der Waals surface area contributed by atoms with Crippen LogP contribution in [-0.4, -0.2) is 12.6 Å². The normalized spacial score (nSPS) is 11.8. The highest BCUT2D eigenvalue weighted by molar-refractivity contribution is 6.31. The van der Waals surface area contributed by atoms with Crippen molar-refractivity contribution in [3.63, 3.8) is 0 Å². The van der Waals surface area contributed by atoms with Gasteiger partial charge in [0.05, 0.1) is 17.9 Å². The van der Waals surface area contributed by atoms with Gasteiger partial charge in [0.15, 0.2) is 0 Å². The molecule has 0 aliphatic carbocycles. The van der Waals surface area contributed by atoms with Gasteiger partial charge in [-0.15, -0.1) is 0 Å². The van der Waals surface area contributed by atoms with Crippen LogP contribution in [0.4, 0.5) is 18.9 Å². The van der Waals surface area contributed by atoms with Crippen molar-refractivity contribution in [3.8, 4) is 0 Å². The van der Waals surface area contributed by atoms with E-state index in [4.69, 9.17) is 17.3 Å². The van der Waals surface area contributed by atoms with Crippen molar-refractivity contribution in [2.75, 3.05) is 12.3 Å². The molecule has 0 amide bonds. The fraction of sp³-hybridized carbons (Fsp3) is 0.250. The van der Waals surface area contributed by atoms with Gasteiger partial charge in [-0.3, -0.25) is 0 Å². The maximum Gasteiger partial charge on any atom is 0.418 e. The second kappa shape index (κ2) is 5.97. The van der Waals surface area contributed by atoms with E-state index in [1.807, 2.05) is 0 Å². The fourth-order valence-corrected chi connectivity index (χ4v) is 1.59. The molecule has 19 heavy (non-hydrogen) atoms. The maximum absolute atomic E-state index is 12.7. The SMILES string of the molecule is CCOC(=O)C=Cc1cc(Cl)cc(C(F)(F)F)c1N. The maximum atomic E-state index is 12.7. The van der Waals surface area contributed by atoms with Gasteiger partial charge in [-0.05, 0) is 30.7 Å². The minimum absolute atomic E-state index is 0.00729. The van der Waals surface area contributed by atoms with E-state index in [1.165, 1.54) is 6.07 Å². The first-order valence-corrected chi connectivity index (χ1v) is 5.64. The summed E-state index contributed by atoms with van der Waals surface area (Å²) in [4.78, 5) is 11.1. The monoisotopic (exact) mass is 293 g/mol. The minimum Gasteiger partial charge on any atom is -0.463 e. The summed E-state index contributed by atoms with van der Waals surface area (Å²) in [5.74, 6) is -0.671. The summed E-state index contributed by atoms with van der Waals surface area (Å²) in [5.41, 5.74) is 3.90. The first-order chi connectivity index (χ1) is 8.75. The molecule has 1 aromatic carbocycles. The van der Waals surface area contributed by atoms with Gasteiger partial charge in [-0.2, -0.15) is 13.2 Å². The molecule has 3 nitrogen and oxygen atoms in total. The first kappa shape index (κ1) is 15.4. The zero-order valence-corrected chi connectivity index (χ0v) is 10.7. The number of benzene rings is 1. The molecule has 0 radical (unpaired) electrons. The van der Waals surface area contributed by atoms with E-state index < -0.39 is 23.4 Å². The third kappa shape index (κ3) is 4.17. The number of anilines is 1.